The molecule has 5 heteroatoms. The van der Waals surface area contributed by atoms with Crippen molar-refractivity contribution in [1.82, 2.24) is 19.9 Å². The largest absolute Gasteiger partial charge is 0.361 e. The molecule has 0 aliphatic rings. The molecule has 0 fully saturated rings. The van der Waals surface area contributed by atoms with Crippen LogP contribution in [0, 0.1) is 6.92 Å². The zero-order valence-corrected chi connectivity index (χ0v) is 13.3. The SMILES string of the molecule is Cc1cccc2c(C(Nc3ccncn3)c3ccncc3)c[nH]c12. The highest BCUT2D eigenvalue weighted by atomic mass is 15.0. The van der Waals surface area contributed by atoms with Gasteiger partial charge < -0.3 is 10.3 Å². The van der Waals surface area contributed by atoms with E-state index in [2.05, 4.69) is 56.6 Å². The van der Waals surface area contributed by atoms with Crippen molar-refractivity contribution in [3.8, 4) is 0 Å². The molecule has 0 aliphatic carbocycles. The Bertz CT molecular complexity index is 947. The third kappa shape index (κ3) is 2.60. The van der Waals surface area contributed by atoms with Crippen LogP contribution in [0.3, 0.4) is 0 Å². The van der Waals surface area contributed by atoms with Gasteiger partial charge in [-0.1, -0.05) is 18.2 Å². The van der Waals surface area contributed by atoms with Crippen molar-refractivity contribution >= 4 is 16.7 Å². The van der Waals surface area contributed by atoms with Crippen LogP contribution in [0.2, 0.25) is 0 Å². The van der Waals surface area contributed by atoms with E-state index in [9.17, 15) is 0 Å². The fourth-order valence-corrected chi connectivity index (χ4v) is 2.99. The van der Waals surface area contributed by atoms with E-state index in [-0.39, 0.29) is 6.04 Å². The van der Waals surface area contributed by atoms with Crippen LogP contribution in [0.5, 0.6) is 0 Å². The molecule has 3 aromatic heterocycles. The Kier molecular flexibility index (Phi) is 3.67. The van der Waals surface area contributed by atoms with Crippen LogP contribution in [-0.4, -0.2) is 19.9 Å². The lowest BCUT2D eigenvalue weighted by Gasteiger charge is -2.19. The highest BCUT2D eigenvalue weighted by Crippen LogP contribution is 2.32. The highest BCUT2D eigenvalue weighted by molar-refractivity contribution is 5.87. The maximum Gasteiger partial charge on any atom is 0.130 e. The molecule has 4 aromatic rings. The fourth-order valence-electron chi connectivity index (χ4n) is 2.99. The van der Waals surface area contributed by atoms with Gasteiger partial charge in [0, 0.05) is 41.3 Å². The number of aromatic amines is 1. The monoisotopic (exact) mass is 315 g/mol. The number of anilines is 1. The zero-order chi connectivity index (χ0) is 16.4. The Balaban J connectivity index is 1.84. The topological polar surface area (TPSA) is 66.5 Å². The summed E-state index contributed by atoms with van der Waals surface area (Å²) in [7, 11) is 0. The number of fused-ring (bicyclic) bond motifs is 1. The van der Waals surface area contributed by atoms with Crippen molar-refractivity contribution < 1.29 is 0 Å². The molecular formula is C19H17N5. The molecule has 3 heterocycles. The molecule has 0 bridgehead atoms. The van der Waals surface area contributed by atoms with Gasteiger partial charge in [0.1, 0.15) is 12.1 Å². The minimum Gasteiger partial charge on any atom is -0.361 e. The number of aromatic nitrogens is 4. The van der Waals surface area contributed by atoms with Gasteiger partial charge in [-0.05, 0) is 36.2 Å². The van der Waals surface area contributed by atoms with E-state index in [0.29, 0.717) is 0 Å². The van der Waals surface area contributed by atoms with E-state index < -0.39 is 0 Å². The molecule has 1 unspecified atom stereocenters. The van der Waals surface area contributed by atoms with Crippen molar-refractivity contribution in [2.24, 2.45) is 0 Å². The Hall–Kier alpha value is -3.21. The first-order valence-corrected chi connectivity index (χ1v) is 7.82. The molecule has 0 saturated heterocycles. The van der Waals surface area contributed by atoms with Gasteiger partial charge in [0.2, 0.25) is 0 Å². The van der Waals surface area contributed by atoms with Crippen molar-refractivity contribution in [3.05, 3.63) is 84.2 Å². The molecule has 5 nitrogen and oxygen atoms in total. The number of benzene rings is 1. The summed E-state index contributed by atoms with van der Waals surface area (Å²) in [6.07, 6.45) is 8.97. The fraction of sp³-hybridized carbons (Fsp3) is 0.105. The Labute approximate surface area is 139 Å². The van der Waals surface area contributed by atoms with Crippen molar-refractivity contribution in [2.45, 2.75) is 13.0 Å². The van der Waals surface area contributed by atoms with Crippen LogP contribution in [0.25, 0.3) is 10.9 Å². The van der Waals surface area contributed by atoms with Gasteiger partial charge in [0.15, 0.2) is 0 Å². The van der Waals surface area contributed by atoms with Gasteiger partial charge in [-0.3, -0.25) is 4.98 Å². The first-order chi connectivity index (χ1) is 11.8. The predicted molar refractivity (Wildman–Crippen MR) is 94.8 cm³/mol. The lowest BCUT2D eigenvalue weighted by atomic mass is 9.98. The summed E-state index contributed by atoms with van der Waals surface area (Å²) in [5.74, 6) is 0.786. The molecule has 1 atom stereocenters. The number of nitrogens with zero attached hydrogens (tertiary/aromatic N) is 3. The second-order valence-electron chi connectivity index (χ2n) is 5.69. The summed E-state index contributed by atoms with van der Waals surface area (Å²) in [4.78, 5) is 15.8. The van der Waals surface area contributed by atoms with Gasteiger partial charge in [-0.2, -0.15) is 0 Å². The summed E-state index contributed by atoms with van der Waals surface area (Å²) >= 11 is 0. The number of hydrogen-bond acceptors (Lipinski definition) is 4. The summed E-state index contributed by atoms with van der Waals surface area (Å²) in [6, 6.07) is 12.2. The van der Waals surface area contributed by atoms with Crippen molar-refractivity contribution in [2.75, 3.05) is 5.32 Å². The molecule has 0 radical (unpaired) electrons. The second-order valence-corrected chi connectivity index (χ2v) is 5.69. The maximum atomic E-state index is 4.30. The summed E-state index contributed by atoms with van der Waals surface area (Å²) in [6.45, 7) is 2.11. The van der Waals surface area contributed by atoms with Gasteiger partial charge >= 0.3 is 0 Å². The van der Waals surface area contributed by atoms with E-state index in [0.717, 1.165) is 16.9 Å². The molecule has 0 spiro atoms. The lowest BCUT2D eigenvalue weighted by molar-refractivity contribution is 0.926. The second kappa shape index (κ2) is 6.12. The molecule has 0 amide bonds. The molecular weight excluding hydrogens is 298 g/mol. The zero-order valence-electron chi connectivity index (χ0n) is 13.3. The average molecular weight is 315 g/mol. The smallest absolute Gasteiger partial charge is 0.130 e. The van der Waals surface area contributed by atoms with E-state index >= 15 is 0 Å². The Morgan fingerprint density at radius 3 is 2.62 bits per heavy atom. The van der Waals surface area contributed by atoms with Crippen LogP contribution in [0.1, 0.15) is 22.7 Å². The number of hydrogen-bond donors (Lipinski definition) is 2. The number of para-hydroxylation sites is 1. The van der Waals surface area contributed by atoms with Crippen LogP contribution in [0.15, 0.2) is 67.5 Å². The van der Waals surface area contributed by atoms with Gasteiger partial charge in [-0.15, -0.1) is 0 Å². The number of pyridine rings is 1. The van der Waals surface area contributed by atoms with E-state index in [4.69, 9.17) is 0 Å². The Morgan fingerprint density at radius 2 is 1.83 bits per heavy atom. The number of nitrogens with one attached hydrogen (secondary N) is 2. The van der Waals surface area contributed by atoms with Gasteiger partial charge in [0.25, 0.3) is 0 Å². The minimum absolute atomic E-state index is 0.0292. The molecule has 0 aliphatic heterocycles. The maximum absolute atomic E-state index is 4.30. The highest BCUT2D eigenvalue weighted by Gasteiger charge is 2.19. The Morgan fingerprint density at radius 1 is 1.00 bits per heavy atom. The normalized spacial score (nSPS) is 12.2. The summed E-state index contributed by atoms with van der Waals surface area (Å²) < 4.78 is 0. The third-order valence-electron chi connectivity index (χ3n) is 4.18. The third-order valence-corrected chi connectivity index (χ3v) is 4.18. The van der Waals surface area contributed by atoms with E-state index in [1.54, 1.807) is 12.5 Å². The average Bonchev–Trinajstić information content (AvgIpc) is 3.07. The summed E-state index contributed by atoms with van der Waals surface area (Å²) in [5.41, 5.74) is 4.70. The van der Waals surface area contributed by atoms with Crippen LogP contribution < -0.4 is 5.32 Å². The van der Waals surface area contributed by atoms with Crippen LogP contribution >= 0.6 is 0 Å². The summed E-state index contributed by atoms with van der Waals surface area (Å²) in [5, 5.41) is 4.72. The molecule has 118 valence electrons. The van der Waals surface area contributed by atoms with Crippen molar-refractivity contribution in [1.29, 1.82) is 0 Å². The standard InChI is InChI=1S/C19H17N5/c1-13-3-2-4-15-16(11-22-18(13)15)19(14-5-8-20-9-6-14)24-17-7-10-21-12-23-17/h2-12,19,22H,1H3,(H,21,23,24). The molecule has 4 rings (SSSR count). The molecule has 1 aromatic carbocycles. The molecule has 0 saturated carbocycles. The van der Waals surface area contributed by atoms with Gasteiger partial charge in [0.05, 0.1) is 6.04 Å². The quantitative estimate of drug-likeness (QED) is 0.600. The molecule has 2 N–H and O–H groups in total. The van der Waals surface area contributed by atoms with E-state index in [1.807, 2.05) is 30.6 Å². The lowest BCUT2D eigenvalue weighted by Crippen LogP contribution is -2.13. The minimum atomic E-state index is -0.0292. The number of H-pyrrole nitrogens is 1. The van der Waals surface area contributed by atoms with Crippen LogP contribution in [-0.2, 0) is 0 Å². The number of aryl methyl sites for hydroxylation is 1. The van der Waals surface area contributed by atoms with Crippen LogP contribution in [0.4, 0.5) is 5.82 Å². The first-order valence-electron chi connectivity index (χ1n) is 7.82. The first kappa shape index (κ1) is 14.4. The number of rotatable bonds is 4. The molecule has 24 heavy (non-hydrogen) atoms. The van der Waals surface area contributed by atoms with Crippen molar-refractivity contribution in [3.63, 3.8) is 0 Å². The van der Waals surface area contributed by atoms with Gasteiger partial charge in [-0.25, -0.2) is 9.97 Å². The predicted octanol–water partition coefficient (Wildman–Crippen LogP) is 3.86. The van der Waals surface area contributed by atoms with E-state index in [1.165, 1.54) is 16.5 Å².